The summed E-state index contributed by atoms with van der Waals surface area (Å²) < 4.78 is 5.31. The number of rotatable bonds is 5. The molecule has 6 nitrogen and oxygen atoms in total. The lowest BCUT2D eigenvalue weighted by atomic mass is 10.1. The van der Waals surface area contributed by atoms with Gasteiger partial charge in [0, 0.05) is 37.4 Å². The minimum atomic E-state index is -0.158. The molecule has 1 aliphatic heterocycles. The summed E-state index contributed by atoms with van der Waals surface area (Å²) in [5.74, 6) is -0.158. The van der Waals surface area contributed by atoms with Gasteiger partial charge in [-0.2, -0.15) is 0 Å². The van der Waals surface area contributed by atoms with Crippen molar-refractivity contribution in [3.8, 4) is 11.3 Å². The zero-order valence-corrected chi connectivity index (χ0v) is 13.6. The summed E-state index contributed by atoms with van der Waals surface area (Å²) in [6, 6.07) is 12.9. The molecular formula is C18H22N4O2. The fraction of sp³-hybridized carbons (Fsp3) is 0.333. The molecule has 1 aliphatic rings. The Morgan fingerprint density at radius 3 is 2.79 bits per heavy atom. The number of morpholine rings is 1. The highest BCUT2D eigenvalue weighted by atomic mass is 16.5. The van der Waals surface area contributed by atoms with E-state index in [2.05, 4.69) is 15.2 Å². The van der Waals surface area contributed by atoms with Gasteiger partial charge in [-0.05, 0) is 24.3 Å². The highest BCUT2D eigenvalue weighted by molar-refractivity contribution is 5.92. The van der Waals surface area contributed by atoms with Gasteiger partial charge in [0.15, 0.2) is 0 Å². The number of nitrogens with zero attached hydrogens (tertiary/aromatic N) is 2. The van der Waals surface area contributed by atoms with Crippen LogP contribution in [0.2, 0.25) is 0 Å². The molecule has 1 aromatic heterocycles. The summed E-state index contributed by atoms with van der Waals surface area (Å²) in [4.78, 5) is 19.0. The molecule has 0 radical (unpaired) electrons. The maximum atomic E-state index is 12.3. The largest absolute Gasteiger partial charge is 0.399 e. The minimum absolute atomic E-state index is 0.158. The molecular weight excluding hydrogens is 304 g/mol. The van der Waals surface area contributed by atoms with Crippen LogP contribution in [0.25, 0.3) is 11.3 Å². The van der Waals surface area contributed by atoms with E-state index in [1.165, 1.54) is 0 Å². The molecule has 0 aliphatic carbocycles. The van der Waals surface area contributed by atoms with Gasteiger partial charge in [-0.1, -0.05) is 18.2 Å². The summed E-state index contributed by atoms with van der Waals surface area (Å²) in [5.41, 5.74) is 8.54. The van der Waals surface area contributed by atoms with E-state index < -0.39 is 0 Å². The monoisotopic (exact) mass is 326 g/mol. The van der Waals surface area contributed by atoms with E-state index in [-0.39, 0.29) is 5.91 Å². The SMILES string of the molecule is Nc1cccc(-c2cccc(C(=O)NCCN3CCOCC3)n2)c1. The predicted octanol–water partition coefficient (Wildman–Crippen LogP) is 1.39. The van der Waals surface area contributed by atoms with Gasteiger partial charge in [0.2, 0.25) is 0 Å². The summed E-state index contributed by atoms with van der Waals surface area (Å²) >= 11 is 0. The number of aromatic nitrogens is 1. The Bertz CT molecular complexity index is 699. The van der Waals surface area contributed by atoms with E-state index in [1.807, 2.05) is 36.4 Å². The Morgan fingerprint density at radius 2 is 2.00 bits per heavy atom. The Morgan fingerprint density at radius 1 is 1.21 bits per heavy atom. The number of carbonyl (C=O) groups excluding carboxylic acids is 1. The lowest BCUT2D eigenvalue weighted by Crippen LogP contribution is -2.41. The molecule has 0 spiro atoms. The van der Waals surface area contributed by atoms with Crippen LogP contribution in [0.3, 0.4) is 0 Å². The fourth-order valence-corrected chi connectivity index (χ4v) is 2.66. The standard InChI is InChI=1S/C18H22N4O2/c19-15-4-1-3-14(13-15)16-5-2-6-17(21-16)18(23)20-7-8-22-9-11-24-12-10-22/h1-6,13H,7-12,19H2,(H,20,23). The van der Waals surface area contributed by atoms with E-state index in [1.54, 1.807) is 6.07 Å². The second kappa shape index (κ2) is 7.90. The van der Waals surface area contributed by atoms with E-state index in [9.17, 15) is 4.79 Å². The Balaban J connectivity index is 1.59. The Labute approximate surface area is 141 Å². The maximum absolute atomic E-state index is 12.3. The molecule has 126 valence electrons. The average Bonchev–Trinajstić information content (AvgIpc) is 2.63. The van der Waals surface area contributed by atoms with Crippen LogP contribution in [0.15, 0.2) is 42.5 Å². The van der Waals surface area contributed by atoms with Crippen molar-refractivity contribution in [2.24, 2.45) is 0 Å². The molecule has 2 aromatic rings. The Hall–Kier alpha value is -2.44. The zero-order chi connectivity index (χ0) is 16.8. The van der Waals surface area contributed by atoms with Crippen LogP contribution < -0.4 is 11.1 Å². The first-order valence-corrected chi connectivity index (χ1v) is 8.13. The van der Waals surface area contributed by atoms with E-state index >= 15 is 0 Å². The van der Waals surface area contributed by atoms with Crippen molar-refractivity contribution < 1.29 is 9.53 Å². The first kappa shape index (κ1) is 16.4. The van der Waals surface area contributed by atoms with Crippen molar-refractivity contribution >= 4 is 11.6 Å². The first-order valence-electron chi connectivity index (χ1n) is 8.13. The molecule has 6 heteroatoms. The van der Waals surface area contributed by atoms with Gasteiger partial charge in [0.05, 0.1) is 18.9 Å². The molecule has 3 rings (SSSR count). The van der Waals surface area contributed by atoms with Crippen molar-refractivity contribution in [1.82, 2.24) is 15.2 Å². The van der Waals surface area contributed by atoms with Gasteiger partial charge in [0.25, 0.3) is 5.91 Å². The number of carbonyl (C=O) groups is 1. The van der Waals surface area contributed by atoms with E-state index in [4.69, 9.17) is 10.5 Å². The van der Waals surface area contributed by atoms with Gasteiger partial charge < -0.3 is 15.8 Å². The number of nitrogens with one attached hydrogen (secondary N) is 1. The molecule has 0 unspecified atom stereocenters. The number of amides is 1. The molecule has 2 heterocycles. The topological polar surface area (TPSA) is 80.5 Å². The van der Waals surface area contributed by atoms with Crippen molar-refractivity contribution in [2.45, 2.75) is 0 Å². The summed E-state index contributed by atoms with van der Waals surface area (Å²) in [6.45, 7) is 4.78. The molecule has 0 saturated carbocycles. The first-order chi connectivity index (χ1) is 11.7. The zero-order valence-electron chi connectivity index (χ0n) is 13.6. The molecule has 0 atom stereocenters. The van der Waals surface area contributed by atoms with Crippen LogP contribution in [-0.2, 0) is 4.74 Å². The predicted molar refractivity (Wildman–Crippen MR) is 93.7 cm³/mol. The Kier molecular flexibility index (Phi) is 5.40. The second-order valence-electron chi connectivity index (χ2n) is 5.74. The third-order valence-electron chi connectivity index (χ3n) is 3.98. The minimum Gasteiger partial charge on any atom is -0.399 e. The van der Waals surface area contributed by atoms with Crippen LogP contribution in [-0.4, -0.2) is 55.2 Å². The van der Waals surface area contributed by atoms with Crippen LogP contribution in [0.5, 0.6) is 0 Å². The highest BCUT2D eigenvalue weighted by Gasteiger charge is 2.12. The number of hydrogen-bond acceptors (Lipinski definition) is 5. The van der Waals surface area contributed by atoms with Gasteiger partial charge in [0.1, 0.15) is 5.69 Å². The summed E-state index contributed by atoms with van der Waals surface area (Å²) in [5, 5.41) is 2.93. The van der Waals surface area contributed by atoms with Crippen LogP contribution in [0.4, 0.5) is 5.69 Å². The lowest BCUT2D eigenvalue weighted by molar-refractivity contribution is 0.0383. The van der Waals surface area contributed by atoms with Crippen molar-refractivity contribution in [1.29, 1.82) is 0 Å². The smallest absolute Gasteiger partial charge is 0.269 e. The van der Waals surface area contributed by atoms with Gasteiger partial charge >= 0.3 is 0 Å². The molecule has 1 fully saturated rings. The number of pyridine rings is 1. The molecule has 1 aromatic carbocycles. The van der Waals surface area contributed by atoms with Gasteiger partial charge in [-0.3, -0.25) is 9.69 Å². The fourth-order valence-electron chi connectivity index (χ4n) is 2.66. The highest BCUT2D eigenvalue weighted by Crippen LogP contribution is 2.19. The molecule has 1 amide bonds. The molecule has 3 N–H and O–H groups in total. The third-order valence-corrected chi connectivity index (χ3v) is 3.98. The van der Waals surface area contributed by atoms with Crippen LogP contribution in [0, 0.1) is 0 Å². The quantitative estimate of drug-likeness (QED) is 0.812. The second-order valence-corrected chi connectivity index (χ2v) is 5.74. The van der Waals surface area contributed by atoms with Crippen molar-refractivity contribution in [3.05, 3.63) is 48.2 Å². The number of hydrogen-bond donors (Lipinski definition) is 2. The van der Waals surface area contributed by atoms with Gasteiger partial charge in [-0.25, -0.2) is 4.98 Å². The summed E-state index contributed by atoms with van der Waals surface area (Å²) in [6.07, 6.45) is 0. The number of nitrogens with two attached hydrogens (primary N) is 1. The molecule has 24 heavy (non-hydrogen) atoms. The third kappa shape index (κ3) is 4.31. The number of anilines is 1. The number of ether oxygens (including phenoxy) is 1. The average molecular weight is 326 g/mol. The lowest BCUT2D eigenvalue weighted by Gasteiger charge is -2.26. The maximum Gasteiger partial charge on any atom is 0.269 e. The van der Waals surface area contributed by atoms with Crippen molar-refractivity contribution in [2.75, 3.05) is 45.1 Å². The van der Waals surface area contributed by atoms with Gasteiger partial charge in [-0.15, -0.1) is 0 Å². The number of benzene rings is 1. The van der Waals surface area contributed by atoms with E-state index in [0.29, 0.717) is 17.9 Å². The number of nitrogen functional groups attached to an aromatic ring is 1. The van der Waals surface area contributed by atoms with Crippen molar-refractivity contribution in [3.63, 3.8) is 0 Å². The molecule has 0 bridgehead atoms. The van der Waals surface area contributed by atoms with E-state index in [0.717, 1.165) is 44.1 Å². The normalized spacial score (nSPS) is 15.2. The molecule has 1 saturated heterocycles. The summed E-state index contributed by atoms with van der Waals surface area (Å²) in [7, 11) is 0. The van der Waals surface area contributed by atoms with Crippen LogP contribution in [0.1, 0.15) is 10.5 Å². The van der Waals surface area contributed by atoms with Crippen LogP contribution >= 0.6 is 0 Å².